The molecule has 0 radical (unpaired) electrons. The van der Waals surface area contributed by atoms with E-state index < -0.39 is 0 Å². The van der Waals surface area contributed by atoms with Crippen LogP contribution in [-0.4, -0.2) is 36.1 Å². The predicted octanol–water partition coefficient (Wildman–Crippen LogP) is 3.71. The number of nitrogens with zero attached hydrogens (tertiary/aromatic N) is 2. The number of thioether (sulfide) groups is 1. The molecule has 1 amide bonds. The lowest BCUT2D eigenvalue weighted by molar-refractivity contribution is -0.118. The number of methoxy groups -OCH3 is 2. The number of aromatic nitrogens is 2. The van der Waals surface area contributed by atoms with Crippen molar-refractivity contribution >= 4 is 17.7 Å². The second-order valence-corrected chi connectivity index (χ2v) is 7.01. The van der Waals surface area contributed by atoms with Crippen LogP contribution in [0.5, 0.6) is 11.5 Å². The molecule has 0 aliphatic heterocycles. The zero-order chi connectivity index (χ0) is 20.6. The number of carbonyl (C=O) groups excluding carboxylic acids is 1. The summed E-state index contributed by atoms with van der Waals surface area (Å²) < 4.78 is 23.5. The Labute approximate surface area is 172 Å². The molecule has 1 N–H and O–H groups in total. The quantitative estimate of drug-likeness (QED) is 0.568. The van der Waals surface area contributed by atoms with Gasteiger partial charge in [0.05, 0.1) is 25.7 Å². The molecule has 6 nitrogen and oxygen atoms in total. The van der Waals surface area contributed by atoms with E-state index in [1.165, 1.54) is 23.9 Å². The summed E-state index contributed by atoms with van der Waals surface area (Å²) in [5.74, 6) is 1.13. The number of hydrogen-bond donors (Lipinski definition) is 1. The fourth-order valence-electron chi connectivity index (χ4n) is 2.55. The van der Waals surface area contributed by atoms with Crippen LogP contribution in [-0.2, 0) is 11.3 Å². The Bertz CT molecular complexity index is 966. The predicted molar refractivity (Wildman–Crippen MR) is 110 cm³/mol. The average molecular weight is 413 g/mol. The number of hydrogen-bond acceptors (Lipinski definition) is 6. The number of benzene rings is 2. The number of carbonyl (C=O) groups is 1. The Morgan fingerprint density at radius 3 is 2.48 bits per heavy atom. The maximum absolute atomic E-state index is 12.9. The highest BCUT2D eigenvalue weighted by molar-refractivity contribution is 7.99. The highest BCUT2D eigenvalue weighted by atomic mass is 32.2. The first-order valence-corrected chi connectivity index (χ1v) is 9.77. The third-order valence-corrected chi connectivity index (χ3v) is 5.00. The molecule has 0 atom stereocenters. The summed E-state index contributed by atoms with van der Waals surface area (Å²) >= 11 is 1.29. The summed E-state index contributed by atoms with van der Waals surface area (Å²) in [5, 5.41) is 11.8. The maximum atomic E-state index is 12.9. The van der Waals surface area contributed by atoms with Crippen LogP contribution in [0.3, 0.4) is 0 Å². The normalized spacial score (nSPS) is 10.4. The molecule has 29 heavy (non-hydrogen) atoms. The van der Waals surface area contributed by atoms with Gasteiger partial charge in [-0.05, 0) is 48.0 Å². The third kappa shape index (κ3) is 5.68. The second kappa shape index (κ2) is 9.88. The molecule has 3 rings (SSSR count). The van der Waals surface area contributed by atoms with Gasteiger partial charge < -0.3 is 14.8 Å². The van der Waals surface area contributed by atoms with E-state index in [0.717, 1.165) is 11.1 Å². The first kappa shape index (κ1) is 20.6. The van der Waals surface area contributed by atoms with E-state index in [2.05, 4.69) is 15.5 Å². The highest BCUT2D eigenvalue weighted by Crippen LogP contribution is 2.32. The molecule has 0 fully saturated rings. The minimum absolute atomic E-state index is 0.139. The van der Waals surface area contributed by atoms with Gasteiger partial charge in [-0.2, -0.15) is 0 Å². The van der Waals surface area contributed by atoms with Crippen molar-refractivity contribution in [3.8, 4) is 22.8 Å². The van der Waals surface area contributed by atoms with Gasteiger partial charge in [0.15, 0.2) is 0 Å². The zero-order valence-electron chi connectivity index (χ0n) is 16.0. The molecule has 0 saturated heterocycles. The van der Waals surface area contributed by atoms with Gasteiger partial charge in [-0.1, -0.05) is 23.9 Å². The largest absolute Gasteiger partial charge is 0.497 e. The summed E-state index contributed by atoms with van der Waals surface area (Å²) in [6.07, 6.45) is 0. The van der Waals surface area contributed by atoms with Crippen LogP contribution in [0.15, 0.2) is 59.6 Å². The number of ether oxygens (including phenoxy) is 2. The zero-order valence-corrected chi connectivity index (χ0v) is 16.8. The molecule has 2 aromatic carbocycles. The molecule has 0 spiro atoms. The van der Waals surface area contributed by atoms with Gasteiger partial charge in [0, 0.05) is 12.1 Å². The molecule has 1 heterocycles. The van der Waals surface area contributed by atoms with Crippen molar-refractivity contribution in [3.05, 3.63) is 66.0 Å². The van der Waals surface area contributed by atoms with Gasteiger partial charge in [-0.3, -0.25) is 4.79 Å². The van der Waals surface area contributed by atoms with Crippen LogP contribution in [0.1, 0.15) is 5.56 Å². The average Bonchev–Trinajstić information content (AvgIpc) is 2.77. The van der Waals surface area contributed by atoms with Crippen molar-refractivity contribution in [1.29, 1.82) is 0 Å². The van der Waals surface area contributed by atoms with Crippen molar-refractivity contribution in [2.24, 2.45) is 0 Å². The number of rotatable bonds is 8. The molecule has 0 bridgehead atoms. The van der Waals surface area contributed by atoms with Crippen LogP contribution < -0.4 is 14.8 Å². The summed E-state index contributed by atoms with van der Waals surface area (Å²) in [7, 11) is 3.19. The fraction of sp³-hybridized carbons (Fsp3) is 0.190. The minimum atomic E-state index is -0.302. The molecular weight excluding hydrogens is 393 g/mol. The number of amides is 1. The van der Waals surface area contributed by atoms with E-state index in [9.17, 15) is 9.18 Å². The summed E-state index contributed by atoms with van der Waals surface area (Å²) in [6, 6.07) is 15.1. The van der Waals surface area contributed by atoms with Crippen LogP contribution in [0.2, 0.25) is 0 Å². The van der Waals surface area contributed by atoms with Crippen LogP contribution in [0, 0.1) is 5.82 Å². The van der Waals surface area contributed by atoms with Crippen LogP contribution in [0.4, 0.5) is 4.39 Å². The molecule has 0 aliphatic carbocycles. The Hall–Kier alpha value is -3.13. The molecule has 3 aromatic rings. The van der Waals surface area contributed by atoms with Crippen molar-refractivity contribution in [1.82, 2.24) is 15.5 Å². The van der Waals surface area contributed by atoms with E-state index in [0.29, 0.717) is 28.8 Å². The van der Waals surface area contributed by atoms with E-state index in [4.69, 9.17) is 9.47 Å². The lowest BCUT2D eigenvalue weighted by Gasteiger charge is -2.10. The fourth-order valence-corrected chi connectivity index (χ4v) is 3.19. The van der Waals surface area contributed by atoms with Crippen LogP contribution in [0.25, 0.3) is 11.3 Å². The van der Waals surface area contributed by atoms with Crippen molar-refractivity contribution < 1.29 is 18.7 Å². The molecule has 8 heteroatoms. The minimum Gasteiger partial charge on any atom is -0.497 e. The standard InChI is InChI=1S/C21H20FN3O3S/c1-27-16-7-9-19(28-2)17(11-16)18-8-10-21(25-24-18)29-13-20(26)23-12-14-3-5-15(22)6-4-14/h3-11H,12-13H2,1-2H3,(H,23,26). The second-order valence-electron chi connectivity index (χ2n) is 6.01. The van der Waals surface area contributed by atoms with E-state index in [-0.39, 0.29) is 17.5 Å². The Morgan fingerprint density at radius 1 is 1.03 bits per heavy atom. The van der Waals surface area contributed by atoms with Gasteiger partial charge in [-0.15, -0.1) is 10.2 Å². The van der Waals surface area contributed by atoms with E-state index >= 15 is 0 Å². The molecule has 0 unspecified atom stereocenters. The summed E-state index contributed by atoms with van der Waals surface area (Å²) in [6.45, 7) is 0.347. The van der Waals surface area contributed by atoms with Crippen molar-refractivity contribution in [2.45, 2.75) is 11.6 Å². The van der Waals surface area contributed by atoms with Gasteiger partial charge in [0.25, 0.3) is 0 Å². The molecule has 0 aliphatic rings. The maximum Gasteiger partial charge on any atom is 0.230 e. The van der Waals surface area contributed by atoms with Gasteiger partial charge in [0.2, 0.25) is 5.91 Å². The molecule has 0 saturated carbocycles. The van der Waals surface area contributed by atoms with Gasteiger partial charge in [-0.25, -0.2) is 4.39 Å². The topological polar surface area (TPSA) is 73.3 Å². The molecule has 1 aromatic heterocycles. The van der Waals surface area contributed by atoms with Crippen molar-refractivity contribution in [2.75, 3.05) is 20.0 Å². The van der Waals surface area contributed by atoms with Crippen molar-refractivity contribution in [3.63, 3.8) is 0 Å². The number of halogens is 1. The first-order chi connectivity index (χ1) is 14.1. The van der Waals surface area contributed by atoms with Gasteiger partial charge >= 0.3 is 0 Å². The lowest BCUT2D eigenvalue weighted by atomic mass is 10.1. The monoisotopic (exact) mass is 413 g/mol. The van der Waals surface area contributed by atoms with Crippen LogP contribution >= 0.6 is 11.8 Å². The third-order valence-electron chi connectivity index (χ3n) is 4.08. The van der Waals surface area contributed by atoms with E-state index in [1.807, 2.05) is 24.3 Å². The van der Waals surface area contributed by atoms with Gasteiger partial charge in [0.1, 0.15) is 22.3 Å². The summed E-state index contributed by atoms with van der Waals surface area (Å²) in [4.78, 5) is 12.0. The highest BCUT2D eigenvalue weighted by Gasteiger charge is 2.11. The Balaban J connectivity index is 1.56. The molecule has 150 valence electrons. The SMILES string of the molecule is COc1ccc(OC)c(-c2ccc(SCC(=O)NCc3ccc(F)cc3)nn2)c1. The van der Waals surface area contributed by atoms with E-state index in [1.54, 1.807) is 32.4 Å². The molecular formula is C21H20FN3O3S. The summed E-state index contributed by atoms with van der Waals surface area (Å²) in [5.41, 5.74) is 2.25. The first-order valence-electron chi connectivity index (χ1n) is 8.79. The lowest BCUT2D eigenvalue weighted by Crippen LogP contribution is -2.24. The smallest absolute Gasteiger partial charge is 0.230 e. The Morgan fingerprint density at radius 2 is 1.83 bits per heavy atom. The Kier molecular flexibility index (Phi) is 7.02. The number of nitrogens with one attached hydrogen (secondary N) is 1.